The van der Waals surface area contributed by atoms with Crippen LogP contribution in [0.15, 0.2) is 35.7 Å². The summed E-state index contributed by atoms with van der Waals surface area (Å²) < 4.78 is 97.6. The summed E-state index contributed by atoms with van der Waals surface area (Å²) in [6.45, 7) is 10.4. The Morgan fingerprint density at radius 2 is 1.25 bits per heavy atom. The maximum absolute atomic E-state index is 12.5. The zero-order chi connectivity index (χ0) is 19.8. The lowest BCUT2D eigenvalue weighted by Crippen LogP contribution is -2.14. The van der Waals surface area contributed by atoms with Gasteiger partial charge in [0.15, 0.2) is 9.84 Å². The molecule has 0 radical (unpaired) electrons. The molecule has 140 valence electrons. The Hall–Kier alpha value is -1.51. The summed E-state index contributed by atoms with van der Waals surface area (Å²) in [6, 6.07) is 0.289. The molecular formula is C15H20F6O2S. The van der Waals surface area contributed by atoms with Crippen molar-refractivity contribution < 1.29 is 34.8 Å². The second-order valence-corrected chi connectivity index (χ2v) is 6.33. The number of alkyl halides is 6. The molecule has 0 amide bonds. The van der Waals surface area contributed by atoms with Crippen LogP contribution in [-0.2, 0) is 22.2 Å². The minimum atomic E-state index is -5.06. The van der Waals surface area contributed by atoms with Crippen molar-refractivity contribution in [3.63, 3.8) is 0 Å². The second kappa shape index (κ2) is 9.71. The molecule has 1 aromatic carbocycles. The zero-order valence-corrected chi connectivity index (χ0v) is 14.5. The lowest BCUT2D eigenvalue weighted by atomic mass is 10.1. The predicted molar refractivity (Wildman–Crippen MR) is 81.4 cm³/mol. The molecule has 0 heterocycles. The van der Waals surface area contributed by atoms with Crippen LogP contribution in [0.25, 0.3) is 0 Å². The molecule has 0 bridgehead atoms. The minimum absolute atomic E-state index is 0.116. The molecule has 0 unspecified atom stereocenters. The maximum atomic E-state index is 12.5. The Morgan fingerprint density at radius 1 is 0.958 bits per heavy atom. The summed E-state index contributed by atoms with van der Waals surface area (Å²) in [5, 5.41) is 0. The average Bonchev–Trinajstić information content (AvgIpc) is 2.48. The highest BCUT2D eigenvalue weighted by Crippen LogP contribution is 2.37. The van der Waals surface area contributed by atoms with Gasteiger partial charge < -0.3 is 0 Å². The monoisotopic (exact) mass is 378 g/mol. The van der Waals surface area contributed by atoms with Gasteiger partial charge in [-0.15, -0.1) is 6.58 Å². The first kappa shape index (κ1) is 24.7. The van der Waals surface area contributed by atoms with Gasteiger partial charge in [-0.3, -0.25) is 0 Å². The third-order valence-electron chi connectivity index (χ3n) is 2.30. The molecule has 9 heteroatoms. The number of hydrogen-bond acceptors (Lipinski definition) is 2. The highest BCUT2D eigenvalue weighted by atomic mass is 32.2. The number of rotatable bonds is 2. The van der Waals surface area contributed by atoms with Crippen LogP contribution < -0.4 is 0 Å². The Balaban J connectivity index is 0. The normalized spacial score (nSPS) is 11.6. The van der Waals surface area contributed by atoms with Crippen LogP contribution in [0.3, 0.4) is 0 Å². The fraction of sp³-hybridized carbons (Fsp3) is 0.467. The quantitative estimate of drug-likeness (QED) is 0.486. The van der Waals surface area contributed by atoms with Crippen LogP contribution in [0, 0.1) is 0 Å². The van der Waals surface area contributed by atoms with E-state index in [9.17, 15) is 34.8 Å². The summed E-state index contributed by atoms with van der Waals surface area (Å²) in [5.41, 5.74) is -3.29. The van der Waals surface area contributed by atoms with Crippen LogP contribution >= 0.6 is 0 Å². The van der Waals surface area contributed by atoms with E-state index in [4.69, 9.17) is 0 Å². The Labute approximate surface area is 138 Å². The van der Waals surface area contributed by atoms with Crippen LogP contribution in [0.1, 0.15) is 38.8 Å². The third kappa shape index (κ3) is 7.85. The minimum Gasteiger partial charge on any atom is -0.224 e. The van der Waals surface area contributed by atoms with Gasteiger partial charge in [0.25, 0.3) is 0 Å². The van der Waals surface area contributed by atoms with E-state index in [1.807, 2.05) is 20.8 Å². The van der Waals surface area contributed by atoms with Gasteiger partial charge in [-0.1, -0.05) is 26.8 Å². The molecule has 0 spiro atoms. The molecule has 0 saturated heterocycles. The summed E-state index contributed by atoms with van der Waals surface area (Å²) in [6.07, 6.45) is -8.36. The third-order valence-corrected chi connectivity index (χ3v) is 4.01. The van der Waals surface area contributed by atoms with Gasteiger partial charge in [-0.25, -0.2) is 8.42 Å². The SMILES string of the molecule is C=CC.CC.CCS(=O)(=O)c1cc(C(F)(F)F)cc(C(F)(F)F)c1. The predicted octanol–water partition coefficient (Wildman–Crippen LogP) is 5.74. The first-order valence-electron chi connectivity index (χ1n) is 6.88. The van der Waals surface area contributed by atoms with E-state index in [0.29, 0.717) is 0 Å². The number of allylic oxidation sites excluding steroid dienone is 1. The molecule has 0 aliphatic carbocycles. The molecule has 1 rings (SSSR count). The van der Waals surface area contributed by atoms with Crippen molar-refractivity contribution >= 4 is 9.84 Å². The van der Waals surface area contributed by atoms with E-state index >= 15 is 0 Å². The topological polar surface area (TPSA) is 34.1 Å². The molecule has 2 nitrogen and oxygen atoms in total. The van der Waals surface area contributed by atoms with E-state index in [1.165, 1.54) is 0 Å². The van der Waals surface area contributed by atoms with Crippen molar-refractivity contribution in [1.29, 1.82) is 0 Å². The van der Waals surface area contributed by atoms with Gasteiger partial charge in [-0.05, 0) is 25.1 Å². The van der Waals surface area contributed by atoms with Gasteiger partial charge in [0.05, 0.1) is 21.8 Å². The number of halogens is 6. The van der Waals surface area contributed by atoms with Gasteiger partial charge in [0, 0.05) is 0 Å². The molecule has 1 aromatic rings. The molecule has 0 fully saturated rings. The zero-order valence-electron chi connectivity index (χ0n) is 13.7. The van der Waals surface area contributed by atoms with Gasteiger partial charge >= 0.3 is 12.4 Å². The number of benzene rings is 1. The van der Waals surface area contributed by atoms with E-state index in [0.717, 1.165) is 6.92 Å². The van der Waals surface area contributed by atoms with Gasteiger partial charge in [0.1, 0.15) is 0 Å². The Morgan fingerprint density at radius 3 is 1.46 bits per heavy atom. The second-order valence-electron chi connectivity index (χ2n) is 4.05. The van der Waals surface area contributed by atoms with Crippen molar-refractivity contribution in [2.45, 2.75) is 44.9 Å². The van der Waals surface area contributed by atoms with Crippen LogP contribution in [0.5, 0.6) is 0 Å². The van der Waals surface area contributed by atoms with Crippen molar-refractivity contribution in [3.05, 3.63) is 42.0 Å². The first-order chi connectivity index (χ1) is 10.8. The van der Waals surface area contributed by atoms with Crippen molar-refractivity contribution in [3.8, 4) is 0 Å². The van der Waals surface area contributed by atoms with E-state index < -0.39 is 44.0 Å². The van der Waals surface area contributed by atoms with E-state index in [1.54, 1.807) is 6.08 Å². The fourth-order valence-corrected chi connectivity index (χ4v) is 2.22. The lowest BCUT2D eigenvalue weighted by molar-refractivity contribution is -0.143. The first-order valence-corrected chi connectivity index (χ1v) is 8.54. The summed E-state index contributed by atoms with van der Waals surface area (Å²) in [7, 11) is -4.16. The number of hydrogen-bond donors (Lipinski definition) is 0. The maximum Gasteiger partial charge on any atom is 0.416 e. The van der Waals surface area contributed by atoms with Crippen LogP contribution in [0.4, 0.5) is 26.3 Å². The molecule has 24 heavy (non-hydrogen) atoms. The fourth-order valence-electron chi connectivity index (χ4n) is 1.27. The molecule has 0 saturated carbocycles. The molecule has 0 aliphatic rings. The number of sulfone groups is 1. The van der Waals surface area contributed by atoms with Gasteiger partial charge in [-0.2, -0.15) is 26.3 Å². The van der Waals surface area contributed by atoms with Crippen molar-refractivity contribution in [2.75, 3.05) is 5.75 Å². The Kier molecular flexibility index (Phi) is 10.0. The molecular weight excluding hydrogens is 358 g/mol. The summed E-state index contributed by atoms with van der Waals surface area (Å²) in [5.74, 6) is -0.592. The highest BCUT2D eigenvalue weighted by molar-refractivity contribution is 7.91. The van der Waals surface area contributed by atoms with Crippen molar-refractivity contribution in [1.82, 2.24) is 0 Å². The van der Waals surface area contributed by atoms with Crippen molar-refractivity contribution in [2.24, 2.45) is 0 Å². The molecule has 0 atom stereocenters. The van der Waals surface area contributed by atoms with Gasteiger partial charge in [0.2, 0.25) is 0 Å². The molecule has 0 aromatic heterocycles. The molecule has 0 aliphatic heterocycles. The largest absolute Gasteiger partial charge is 0.416 e. The average molecular weight is 378 g/mol. The standard InChI is InChI=1S/C10H8F6O2S.C3H6.C2H6/c1-2-19(17,18)8-4-6(9(11,12)13)3-7(5-8)10(14,15)16;1-3-2;1-2/h3-5H,2H2,1H3;3H,1H2,2H3;1-2H3. The van der Waals surface area contributed by atoms with Crippen LogP contribution in [0.2, 0.25) is 0 Å². The Bertz CT molecular complexity index is 584. The molecule has 0 N–H and O–H groups in total. The van der Waals surface area contributed by atoms with E-state index in [-0.39, 0.29) is 18.2 Å². The summed E-state index contributed by atoms with van der Waals surface area (Å²) >= 11 is 0. The summed E-state index contributed by atoms with van der Waals surface area (Å²) in [4.78, 5) is -0.989. The van der Waals surface area contributed by atoms with E-state index in [2.05, 4.69) is 6.58 Å². The lowest BCUT2D eigenvalue weighted by Gasteiger charge is -2.13. The van der Waals surface area contributed by atoms with Crippen LogP contribution in [-0.4, -0.2) is 14.2 Å². The highest BCUT2D eigenvalue weighted by Gasteiger charge is 2.38. The smallest absolute Gasteiger partial charge is 0.224 e.